The molecule has 25 heavy (non-hydrogen) atoms. The van der Waals surface area contributed by atoms with E-state index in [0.717, 1.165) is 44.3 Å². The van der Waals surface area contributed by atoms with Crippen molar-refractivity contribution in [2.24, 2.45) is 5.92 Å². The molecule has 0 unspecified atom stereocenters. The summed E-state index contributed by atoms with van der Waals surface area (Å²) in [6.07, 6.45) is 9.43. The number of hydrogen-bond donors (Lipinski definition) is 1. The second kappa shape index (κ2) is 7.05. The Kier molecular flexibility index (Phi) is 4.46. The Hall–Kier alpha value is -2.69. The number of aromatic nitrogens is 3. The maximum atomic E-state index is 12.5. The molecule has 3 heterocycles. The van der Waals surface area contributed by atoms with Crippen molar-refractivity contribution in [3.8, 4) is 0 Å². The summed E-state index contributed by atoms with van der Waals surface area (Å²) in [5, 5.41) is 1.20. The van der Waals surface area contributed by atoms with E-state index in [0.29, 0.717) is 11.6 Å². The number of carbonyl (C=O) groups is 1. The summed E-state index contributed by atoms with van der Waals surface area (Å²) >= 11 is 0. The van der Waals surface area contributed by atoms with Crippen LogP contribution in [0.25, 0.3) is 10.9 Å². The van der Waals surface area contributed by atoms with Gasteiger partial charge in [0, 0.05) is 24.7 Å². The average Bonchev–Trinajstić information content (AvgIpc) is 3.08. The highest BCUT2D eigenvalue weighted by atomic mass is 16.2. The zero-order valence-corrected chi connectivity index (χ0v) is 14.2. The van der Waals surface area contributed by atoms with Crippen molar-refractivity contribution in [2.45, 2.75) is 25.7 Å². The lowest BCUT2D eigenvalue weighted by Gasteiger charge is -2.19. The molecule has 0 saturated carbocycles. The van der Waals surface area contributed by atoms with E-state index in [1.54, 1.807) is 12.5 Å². The summed E-state index contributed by atoms with van der Waals surface area (Å²) in [7, 11) is 0. The van der Waals surface area contributed by atoms with Crippen LogP contribution in [0.5, 0.6) is 0 Å². The number of carbonyl (C=O) groups excluding carboxylic acids is 1. The fourth-order valence-electron chi connectivity index (χ4n) is 3.68. The van der Waals surface area contributed by atoms with E-state index in [-0.39, 0.29) is 5.91 Å². The Bertz CT molecular complexity index is 859. The molecule has 0 aliphatic carbocycles. The predicted molar refractivity (Wildman–Crippen MR) is 97.3 cm³/mol. The van der Waals surface area contributed by atoms with Crippen LogP contribution in [0.3, 0.4) is 0 Å². The van der Waals surface area contributed by atoms with E-state index >= 15 is 0 Å². The van der Waals surface area contributed by atoms with Gasteiger partial charge in [-0.15, -0.1) is 0 Å². The van der Waals surface area contributed by atoms with E-state index < -0.39 is 0 Å². The molecule has 3 aromatic rings. The molecule has 4 rings (SSSR count). The number of likely N-dealkylation sites (tertiary alicyclic amines) is 1. The first-order valence-electron chi connectivity index (χ1n) is 8.91. The number of imidazole rings is 1. The number of hydrogen-bond acceptors (Lipinski definition) is 3. The fraction of sp³-hybridized carbons (Fsp3) is 0.350. The summed E-state index contributed by atoms with van der Waals surface area (Å²) in [4.78, 5) is 25.9. The normalized spacial score (nSPS) is 18.2. The molecule has 2 aromatic heterocycles. The van der Waals surface area contributed by atoms with E-state index in [1.807, 2.05) is 23.2 Å². The SMILES string of the molecule is O=C(c1cnc[nH]1)N1CCC[C@H](Cc2cnc3ccccc3c2)CC1. The van der Waals surface area contributed by atoms with Gasteiger partial charge in [-0.05, 0) is 49.3 Å². The van der Waals surface area contributed by atoms with Crippen LogP contribution in [0, 0.1) is 5.92 Å². The average molecular weight is 334 g/mol. The number of nitrogens with one attached hydrogen (secondary N) is 1. The molecule has 1 N–H and O–H groups in total. The molecule has 1 aliphatic heterocycles. The number of amides is 1. The lowest BCUT2D eigenvalue weighted by molar-refractivity contribution is 0.0754. The van der Waals surface area contributed by atoms with Crippen molar-refractivity contribution < 1.29 is 4.79 Å². The third kappa shape index (κ3) is 3.55. The molecular formula is C20H22N4O. The van der Waals surface area contributed by atoms with Gasteiger partial charge in [-0.3, -0.25) is 9.78 Å². The van der Waals surface area contributed by atoms with Crippen molar-refractivity contribution in [1.29, 1.82) is 0 Å². The first-order valence-corrected chi connectivity index (χ1v) is 8.91. The highest BCUT2D eigenvalue weighted by molar-refractivity contribution is 5.92. The van der Waals surface area contributed by atoms with E-state index in [4.69, 9.17) is 0 Å². The van der Waals surface area contributed by atoms with Crippen molar-refractivity contribution in [3.05, 3.63) is 60.3 Å². The number of nitrogens with zero attached hydrogens (tertiary/aromatic N) is 3. The van der Waals surface area contributed by atoms with Crippen LogP contribution in [0.1, 0.15) is 35.3 Å². The number of pyridine rings is 1. The monoisotopic (exact) mass is 334 g/mol. The van der Waals surface area contributed by atoms with Gasteiger partial charge in [0.2, 0.25) is 0 Å². The van der Waals surface area contributed by atoms with E-state index in [1.165, 1.54) is 10.9 Å². The van der Waals surface area contributed by atoms with Gasteiger partial charge < -0.3 is 9.88 Å². The number of para-hydroxylation sites is 1. The van der Waals surface area contributed by atoms with Gasteiger partial charge in [-0.1, -0.05) is 18.2 Å². The molecule has 1 aliphatic rings. The lowest BCUT2D eigenvalue weighted by Crippen LogP contribution is -2.32. The van der Waals surface area contributed by atoms with Crippen molar-refractivity contribution in [3.63, 3.8) is 0 Å². The molecule has 5 nitrogen and oxygen atoms in total. The van der Waals surface area contributed by atoms with Crippen LogP contribution < -0.4 is 0 Å². The lowest BCUT2D eigenvalue weighted by atomic mass is 9.93. The summed E-state index contributed by atoms with van der Waals surface area (Å²) in [5.41, 5.74) is 2.91. The van der Waals surface area contributed by atoms with Crippen molar-refractivity contribution >= 4 is 16.8 Å². The molecule has 0 radical (unpaired) electrons. The minimum Gasteiger partial charge on any atom is -0.341 e. The van der Waals surface area contributed by atoms with Gasteiger partial charge in [0.05, 0.1) is 18.0 Å². The summed E-state index contributed by atoms with van der Waals surface area (Å²) in [6, 6.07) is 10.5. The molecule has 1 atom stereocenters. The smallest absolute Gasteiger partial charge is 0.271 e. The molecular weight excluding hydrogens is 312 g/mol. The predicted octanol–water partition coefficient (Wildman–Crippen LogP) is 3.44. The molecule has 5 heteroatoms. The van der Waals surface area contributed by atoms with Crippen LogP contribution in [0.4, 0.5) is 0 Å². The third-order valence-corrected chi connectivity index (χ3v) is 5.03. The summed E-state index contributed by atoms with van der Waals surface area (Å²) < 4.78 is 0. The fourth-order valence-corrected chi connectivity index (χ4v) is 3.68. The largest absolute Gasteiger partial charge is 0.341 e. The molecule has 1 amide bonds. The Balaban J connectivity index is 1.41. The Labute approximate surface area is 147 Å². The highest BCUT2D eigenvalue weighted by Crippen LogP contribution is 2.24. The molecule has 128 valence electrons. The Morgan fingerprint density at radius 3 is 3.00 bits per heavy atom. The van der Waals surface area contributed by atoms with Crippen molar-refractivity contribution in [2.75, 3.05) is 13.1 Å². The molecule has 1 saturated heterocycles. The van der Waals surface area contributed by atoms with E-state index in [9.17, 15) is 4.79 Å². The Morgan fingerprint density at radius 2 is 2.12 bits per heavy atom. The van der Waals surface area contributed by atoms with Crippen LogP contribution in [-0.2, 0) is 6.42 Å². The van der Waals surface area contributed by atoms with Crippen LogP contribution in [-0.4, -0.2) is 38.8 Å². The van der Waals surface area contributed by atoms with Gasteiger partial charge in [0.25, 0.3) is 5.91 Å². The van der Waals surface area contributed by atoms with Gasteiger partial charge in [0.1, 0.15) is 5.69 Å². The number of benzene rings is 1. The van der Waals surface area contributed by atoms with Crippen LogP contribution in [0.2, 0.25) is 0 Å². The topological polar surface area (TPSA) is 61.9 Å². The zero-order valence-electron chi connectivity index (χ0n) is 14.2. The van der Waals surface area contributed by atoms with Gasteiger partial charge in [-0.2, -0.15) is 0 Å². The number of H-pyrrole nitrogens is 1. The van der Waals surface area contributed by atoms with Crippen molar-refractivity contribution in [1.82, 2.24) is 19.9 Å². The van der Waals surface area contributed by atoms with Gasteiger partial charge in [0.15, 0.2) is 0 Å². The number of aromatic amines is 1. The second-order valence-corrected chi connectivity index (χ2v) is 6.79. The molecule has 0 spiro atoms. The quantitative estimate of drug-likeness (QED) is 0.798. The maximum Gasteiger partial charge on any atom is 0.271 e. The minimum atomic E-state index is 0.0607. The second-order valence-electron chi connectivity index (χ2n) is 6.79. The standard InChI is InChI=1S/C20H22N4O/c25-20(19-13-21-14-23-19)24-8-3-4-15(7-9-24)10-16-11-17-5-1-2-6-18(17)22-12-16/h1-2,5-6,11-15H,3-4,7-10H2,(H,21,23)/t15-/m0/s1. The Morgan fingerprint density at radius 1 is 1.20 bits per heavy atom. The van der Waals surface area contributed by atoms with Crippen LogP contribution >= 0.6 is 0 Å². The van der Waals surface area contributed by atoms with Crippen LogP contribution in [0.15, 0.2) is 49.1 Å². The third-order valence-electron chi connectivity index (χ3n) is 5.03. The first kappa shape index (κ1) is 15.8. The molecule has 0 bridgehead atoms. The molecule has 1 aromatic carbocycles. The van der Waals surface area contributed by atoms with Gasteiger partial charge >= 0.3 is 0 Å². The highest BCUT2D eigenvalue weighted by Gasteiger charge is 2.22. The number of fused-ring (bicyclic) bond motifs is 1. The van der Waals surface area contributed by atoms with Gasteiger partial charge in [-0.25, -0.2) is 4.98 Å². The first-order chi connectivity index (χ1) is 12.3. The summed E-state index contributed by atoms with van der Waals surface area (Å²) in [5.74, 6) is 0.660. The zero-order chi connectivity index (χ0) is 17.1. The van der Waals surface area contributed by atoms with E-state index in [2.05, 4.69) is 33.2 Å². The number of rotatable bonds is 3. The minimum absolute atomic E-state index is 0.0607. The maximum absolute atomic E-state index is 12.5. The summed E-state index contributed by atoms with van der Waals surface area (Å²) in [6.45, 7) is 1.63. The molecule has 1 fully saturated rings.